The average molecular weight is 277 g/mol. The summed E-state index contributed by atoms with van der Waals surface area (Å²) in [6.45, 7) is 2.71. The molecule has 2 aromatic rings. The maximum absolute atomic E-state index is 11.0. The highest BCUT2D eigenvalue weighted by Crippen LogP contribution is 2.34. The van der Waals surface area contributed by atoms with Gasteiger partial charge >= 0.3 is 5.97 Å². The highest BCUT2D eigenvalue weighted by Gasteiger charge is 2.14. The van der Waals surface area contributed by atoms with Crippen LogP contribution in [0.1, 0.15) is 23.0 Å². The first-order valence-electron chi connectivity index (χ1n) is 5.97. The van der Waals surface area contributed by atoms with Gasteiger partial charge in [-0.1, -0.05) is 19.1 Å². The van der Waals surface area contributed by atoms with Gasteiger partial charge in [-0.15, -0.1) is 11.3 Å². The minimum absolute atomic E-state index is 0.176. The van der Waals surface area contributed by atoms with Crippen molar-refractivity contribution in [2.24, 2.45) is 0 Å². The second-order valence-electron chi connectivity index (χ2n) is 4.08. The molecule has 0 amide bonds. The molecule has 0 radical (unpaired) electrons. The van der Waals surface area contributed by atoms with Gasteiger partial charge < -0.3 is 15.6 Å². The van der Waals surface area contributed by atoms with Crippen molar-refractivity contribution in [2.45, 2.75) is 13.3 Å². The van der Waals surface area contributed by atoms with E-state index in [0.717, 1.165) is 22.6 Å². The summed E-state index contributed by atoms with van der Waals surface area (Å²) in [7, 11) is 0. The fraction of sp³-hybridized carbons (Fsp3) is 0.214. The van der Waals surface area contributed by atoms with E-state index in [2.05, 4.69) is 0 Å². The molecule has 3 N–H and O–H groups in total. The lowest BCUT2D eigenvalue weighted by atomic mass is 10.2. The molecule has 0 saturated heterocycles. The van der Waals surface area contributed by atoms with Crippen molar-refractivity contribution in [3.05, 3.63) is 35.2 Å². The Bertz CT molecular complexity index is 592. The lowest BCUT2D eigenvalue weighted by molar-refractivity contribution is 0.0703. The predicted molar refractivity (Wildman–Crippen MR) is 76.9 cm³/mol. The molecule has 0 atom stereocenters. The van der Waals surface area contributed by atoms with Crippen LogP contribution in [-0.2, 0) is 0 Å². The minimum atomic E-state index is -0.993. The first-order chi connectivity index (χ1) is 9.11. The zero-order valence-corrected chi connectivity index (χ0v) is 11.4. The normalized spacial score (nSPS) is 10.4. The molecule has 1 aromatic heterocycles. The largest absolute Gasteiger partial charge is 0.494 e. The number of hydrogen-bond donors (Lipinski definition) is 2. The van der Waals surface area contributed by atoms with Crippen LogP contribution in [0.3, 0.4) is 0 Å². The molecule has 2 rings (SSSR count). The zero-order chi connectivity index (χ0) is 13.8. The molecule has 5 heteroatoms. The molecular formula is C14H15NO3S. The van der Waals surface area contributed by atoms with Gasteiger partial charge in [-0.25, -0.2) is 4.79 Å². The van der Waals surface area contributed by atoms with Crippen molar-refractivity contribution in [3.63, 3.8) is 0 Å². The molecular weight excluding hydrogens is 262 g/mol. The smallest absolute Gasteiger partial charge is 0.348 e. The fourth-order valence-electron chi connectivity index (χ4n) is 1.67. The van der Waals surface area contributed by atoms with Crippen LogP contribution < -0.4 is 10.5 Å². The lowest BCUT2D eigenvalue weighted by Gasteiger charge is -2.05. The standard InChI is InChI=1S/C14H15NO3S/c1-2-6-18-10-5-3-4-9(7-10)12-8-11(15)13(19-12)14(16)17/h3-5,7-8H,2,6,15H2,1H3,(H,16,17). The van der Waals surface area contributed by atoms with Crippen LogP contribution in [0.5, 0.6) is 5.75 Å². The molecule has 4 nitrogen and oxygen atoms in total. The molecule has 0 unspecified atom stereocenters. The molecule has 0 bridgehead atoms. The van der Waals surface area contributed by atoms with Gasteiger partial charge in [-0.05, 0) is 30.2 Å². The van der Waals surface area contributed by atoms with Crippen LogP contribution in [-0.4, -0.2) is 17.7 Å². The maximum atomic E-state index is 11.0. The van der Waals surface area contributed by atoms with E-state index in [1.165, 1.54) is 11.3 Å². The molecule has 0 fully saturated rings. The van der Waals surface area contributed by atoms with Crippen LogP contribution in [0.2, 0.25) is 0 Å². The first-order valence-corrected chi connectivity index (χ1v) is 6.79. The maximum Gasteiger partial charge on any atom is 0.348 e. The van der Waals surface area contributed by atoms with E-state index in [1.807, 2.05) is 31.2 Å². The van der Waals surface area contributed by atoms with Crippen molar-refractivity contribution in [3.8, 4) is 16.2 Å². The van der Waals surface area contributed by atoms with E-state index in [-0.39, 0.29) is 4.88 Å². The fourth-order valence-corrected chi connectivity index (χ4v) is 2.59. The van der Waals surface area contributed by atoms with Crippen LogP contribution >= 0.6 is 11.3 Å². The second-order valence-corrected chi connectivity index (χ2v) is 5.13. The summed E-state index contributed by atoms with van der Waals surface area (Å²) < 4.78 is 5.56. The van der Waals surface area contributed by atoms with E-state index in [9.17, 15) is 4.79 Å². The Labute approximate surface area is 115 Å². The van der Waals surface area contributed by atoms with Gasteiger partial charge in [0.2, 0.25) is 0 Å². The van der Waals surface area contributed by atoms with Crippen molar-refractivity contribution in [2.75, 3.05) is 12.3 Å². The highest BCUT2D eigenvalue weighted by atomic mass is 32.1. The van der Waals surface area contributed by atoms with Crippen molar-refractivity contribution >= 4 is 23.0 Å². The van der Waals surface area contributed by atoms with Crippen LogP contribution in [0.15, 0.2) is 30.3 Å². The summed E-state index contributed by atoms with van der Waals surface area (Å²) in [6.07, 6.45) is 0.944. The third-order valence-corrected chi connectivity index (χ3v) is 3.73. The topological polar surface area (TPSA) is 72.5 Å². The number of anilines is 1. The third kappa shape index (κ3) is 3.06. The number of rotatable bonds is 5. The second kappa shape index (κ2) is 5.75. The monoisotopic (exact) mass is 277 g/mol. The molecule has 0 aliphatic heterocycles. The number of thiophene rings is 1. The molecule has 19 heavy (non-hydrogen) atoms. The third-order valence-electron chi connectivity index (χ3n) is 2.55. The molecule has 0 spiro atoms. The van der Waals surface area contributed by atoms with Gasteiger partial charge in [0.1, 0.15) is 10.6 Å². The van der Waals surface area contributed by atoms with Crippen LogP contribution in [0.25, 0.3) is 10.4 Å². The number of carboxylic acids is 1. The van der Waals surface area contributed by atoms with E-state index >= 15 is 0 Å². The summed E-state index contributed by atoms with van der Waals surface area (Å²) >= 11 is 1.17. The van der Waals surface area contributed by atoms with Crippen molar-refractivity contribution in [1.82, 2.24) is 0 Å². The highest BCUT2D eigenvalue weighted by molar-refractivity contribution is 7.17. The Kier molecular flexibility index (Phi) is 4.06. The summed E-state index contributed by atoms with van der Waals surface area (Å²) in [6, 6.07) is 9.26. The van der Waals surface area contributed by atoms with Crippen molar-refractivity contribution < 1.29 is 14.6 Å². The zero-order valence-electron chi connectivity index (χ0n) is 10.6. The number of carbonyl (C=O) groups is 1. The van der Waals surface area contributed by atoms with Gasteiger partial charge in [0.25, 0.3) is 0 Å². The Morgan fingerprint density at radius 2 is 2.21 bits per heavy atom. The van der Waals surface area contributed by atoms with E-state index in [0.29, 0.717) is 12.3 Å². The van der Waals surface area contributed by atoms with Gasteiger partial charge in [-0.3, -0.25) is 0 Å². The summed E-state index contributed by atoms with van der Waals surface area (Å²) in [5, 5.41) is 9.00. The van der Waals surface area contributed by atoms with E-state index in [4.69, 9.17) is 15.6 Å². The Morgan fingerprint density at radius 3 is 2.84 bits per heavy atom. The number of ether oxygens (including phenoxy) is 1. The molecule has 0 aliphatic rings. The molecule has 1 aromatic carbocycles. The average Bonchev–Trinajstić information content (AvgIpc) is 2.79. The molecule has 0 aliphatic carbocycles. The Balaban J connectivity index is 2.31. The molecule has 100 valence electrons. The number of nitrogens with two attached hydrogens (primary N) is 1. The Morgan fingerprint density at radius 1 is 1.42 bits per heavy atom. The lowest BCUT2D eigenvalue weighted by Crippen LogP contribution is -1.96. The molecule has 0 saturated carbocycles. The number of hydrogen-bond acceptors (Lipinski definition) is 4. The summed E-state index contributed by atoms with van der Waals surface area (Å²) in [5.74, 6) is -0.213. The number of carboxylic acid groups (broad SMARTS) is 1. The first kappa shape index (κ1) is 13.4. The summed E-state index contributed by atoms with van der Waals surface area (Å²) in [5.41, 5.74) is 6.91. The van der Waals surface area contributed by atoms with Gasteiger partial charge in [0.05, 0.1) is 12.3 Å². The number of benzene rings is 1. The minimum Gasteiger partial charge on any atom is -0.494 e. The van der Waals surface area contributed by atoms with E-state index < -0.39 is 5.97 Å². The van der Waals surface area contributed by atoms with Crippen molar-refractivity contribution in [1.29, 1.82) is 0 Å². The predicted octanol–water partition coefficient (Wildman–Crippen LogP) is 3.48. The van der Waals surface area contributed by atoms with Crippen LogP contribution in [0.4, 0.5) is 5.69 Å². The van der Waals surface area contributed by atoms with Gasteiger partial charge in [0, 0.05) is 4.88 Å². The van der Waals surface area contributed by atoms with Crippen LogP contribution in [0, 0.1) is 0 Å². The van der Waals surface area contributed by atoms with E-state index in [1.54, 1.807) is 6.07 Å². The number of nitrogen functional groups attached to an aromatic ring is 1. The summed E-state index contributed by atoms with van der Waals surface area (Å²) in [4.78, 5) is 12.0. The SMILES string of the molecule is CCCOc1cccc(-c2cc(N)c(C(=O)O)s2)c1. The quantitative estimate of drug-likeness (QED) is 0.877. The molecule has 1 heterocycles. The van der Waals surface area contributed by atoms with Gasteiger partial charge in [-0.2, -0.15) is 0 Å². The number of aromatic carboxylic acids is 1. The Hall–Kier alpha value is -2.01. The van der Waals surface area contributed by atoms with Gasteiger partial charge in [0.15, 0.2) is 0 Å².